The predicted octanol–water partition coefficient (Wildman–Crippen LogP) is 8.88. The fraction of sp³-hybridized carbons (Fsp3) is 0.0968. The fourth-order valence-corrected chi connectivity index (χ4v) is 3.95. The molecule has 6 aromatic carbocycles. The Morgan fingerprint density at radius 1 is 0.355 bits per heavy atom. The maximum absolute atomic E-state index is 2.25. The minimum absolute atomic E-state index is 1.32. The molecule has 0 aliphatic heterocycles. The quantitative estimate of drug-likeness (QED) is 0.223. The molecule has 0 unspecified atom stereocenters. The van der Waals surface area contributed by atoms with E-state index < -0.39 is 0 Å². The first kappa shape index (κ1) is 20.6. The third-order valence-corrected chi connectivity index (χ3v) is 5.63. The Morgan fingerprint density at radius 2 is 0.806 bits per heavy atom. The average molecular weight is 401 g/mol. The topological polar surface area (TPSA) is 0 Å². The molecule has 0 spiro atoms. The number of aryl methyl sites for hydroxylation is 3. The van der Waals surface area contributed by atoms with Gasteiger partial charge in [0.1, 0.15) is 0 Å². The predicted molar refractivity (Wildman–Crippen MR) is 137 cm³/mol. The second-order valence-electron chi connectivity index (χ2n) is 8.05. The van der Waals surface area contributed by atoms with Gasteiger partial charge in [0.05, 0.1) is 0 Å². The van der Waals surface area contributed by atoms with Crippen molar-refractivity contribution in [1.29, 1.82) is 0 Å². The van der Waals surface area contributed by atoms with Gasteiger partial charge in [0.15, 0.2) is 0 Å². The van der Waals surface area contributed by atoms with Crippen molar-refractivity contribution < 1.29 is 0 Å². The Balaban J connectivity index is 0.000000137. The Morgan fingerprint density at radius 3 is 1.29 bits per heavy atom. The second-order valence-corrected chi connectivity index (χ2v) is 8.05. The van der Waals surface area contributed by atoms with Crippen LogP contribution < -0.4 is 0 Å². The monoisotopic (exact) mass is 400 g/mol. The highest BCUT2D eigenvalue weighted by atomic mass is 14.1. The Kier molecular flexibility index (Phi) is 6.29. The average Bonchev–Trinajstić information content (AvgIpc) is 2.81. The van der Waals surface area contributed by atoms with Crippen LogP contribution in [-0.4, -0.2) is 0 Å². The van der Waals surface area contributed by atoms with Crippen LogP contribution in [0.5, 0.6) is 0 Å². The van der Waals surface area contributed by atoms with Crippen LogP contribution in [0.1, 0.15) is 16.7 Å². The molecule has 0 bridgehead atoms. The van der Waals surface area contributed by atoms with Crippen molar-refractivity contribution in [3.63, 3.8) is 0 Å². The van der Waals surface area contributed by atoms with Crippen molar-refractivity contribution in [2.75, 3.05) is 0 Å². The zero-order valence-corrected chi connectivity index (χ0v) is 18.5. The summed E-state index contributed by atoms with van der Waals surface area (Å²) in [5.41, 5.74) is 4.00. The van der Waals surface area contributed by atoms with Gasteiger partial charge >= 0.3 is 0 Å². The number of hydrogen-bond donors (Lipinski definition) is 0. The summed E-state index contributed by atoms with van der Waals surface area (Å²) in [6.07, 6.45) is 0. The van der Waals surface area contributed by atoms with Crippen LogP contribution in [0, 0.1) is 20.8 Å². The van der Waals surface area contributed by atoms with Crippen molar-refractivity contribution in [3.05, 3.63) is 132 Å². The van der Waals surface area contributed by atoms with Crippen molar-refractivity contribution in [2.45, 2.75) is 20.8 Å². The minimum Gasteiger partial charge on any atom is -0.0622 e. The Labute approximate surface area is 185 Å². The highest BCUT2D eigenvalue weighted by molar-refractivity contribution is 6.23. The lowest BCUT2D eigenvalue weighted by Crippen LogP contribution is -1.85. The first-order chi connectivity index (χ1) is 15.1. The zero-order chi connectivity index (χ0) is 21.6. The van der Waals surface area contributed by atoms with E-state index in [0.717, 1.165) is 0 Å². The van der Waals surface area contributed by atoms with Crippen LogP contribution in [0.2, 0.25) is 0 Å². The Bertz CT molecular complexity index is 1330. The molecule has 6 aromatic rings. The summed E-state index contributed by atoms with van der Waals surface area (Å²) in [6, 6.07) is 40.4. The zero-order valence-electron chi connectivity index (χ0n) is 18.5. The number of rotatable bonds is 0. The van der Waals surface area contributed by atoms with Gasteiger partial charge in [-0.1, -0.05) is 126 Å². The third-order valence-electron chi connectivity index (χ3n) is 5.63. The van der Waals surface area contributed by atoms with Crippen LogP contribution in [0.4, 0.5) is 0 Å². The molecule has 0 aliphatic rings. The standard InChI is InChI=1S/C17H12.2C7H8/c1-11-5-6-14-8-7-12-3-2-4-13-9-10-15(11)17(14)16(12)13;2*1-7-5-3-2-4-6-7/h2-10H,1H3;2*2-6H,1H3. The van der Waals surface area contributed by atoms with Gasteiger partial charge in [-0.25, -0.2) is 0 Å². The lowest BCUT2D eigenvalue weighted by atomic mass is 9.92. The summed E-state index contributed by atoms with van der Waals surface area (Å²) in [5.74, 6) is 0. The van der Waals surface area contributed by atoms with Gasteiger partial charge in [-0.2, -0.15) is 0 Å². The molecule has 0 atom stereocenters. The van der Waals surface area contributed by atoms with Crippen LogP contribution in [0.25, 0.3) is 32.3 Å². The molecule has 0 nitrogen and oxygen atoms in total. The van der Waals surface area contributed by atoms with Gasteiger partial charge in [-0.15, -0.1) is 0 Å². The number of hydrogen-bond acceptors (Lipinski definition) is 0. The molecule has 6 rings (SSSR count). The van der Waals surface area contributed by atoms with Crippen molar-refractivity contribution in [3.8, 4) is 0 Å². The molecule has 0 heteroatoms. The molecular formula is C31H28. The van der Waals surface area contributed by atoms with Crippen LogP contribution in [-0.2, 0) is 0 Å². The van der Waals surface area contributed by atoms with E-state index >= 15 is 0 Å². The van der Waals surface area contributed by atoms with Gasteiger partial charge < -0.3 is 0 Å². The van der Waals surface area contributed by atoms with Gasteiger partial charge in [-0.05, 0) is 58.7 Å². The lowest BCUT2D eigenvalue weighted by Gasteiger charge is -2.11. The highest BCUT2D eigenvalue weighted by Crippen LogP contribution is 2.35. The highest BCUT2D eigenvalue weighted by Gasteiger charge is 2.08. The maximum atomic E-state index is 2.25. The molecule has 0 aliphatic carbocycles. The molecule has 0 saturated heterocycles. The number of benzene rings is 6. The second kappa shape index (κ2) is 9.45. The summed E-state index contributed by atoms with van der Waals surface area (Å²) in [4.78, 5) is 0. The molecule has 0 aromatic heterocycles. The van der Waals surface area contributed by atoms with Crippen molar-refractivity contribution in [1.82, 2.24) is 0 Å². The van der Waals surface area contributed by atoms with E-state index in [1.807, 2.05) is 36.4 Å². The SMILES string of the molecule is Cc1ccc2ccc3cccc4ccc1c2c34.Cc1ccccc1.Cc1ccccc1. The molecule has 0 saturated carbocycles. The van der Waals surface area contributed by atoms with Gasteiger partial charge in [0, 0.05) is 0 Å². The molecule has 152 valence electrons. The smallest absolute Gasteiger partial charge is 0.00241 e. The molecule has 0 amide bonds. The summed E-state index contributed by atoms with van der Waals surface area (Å²) in [6.45, 7) is 6.35. The first-order valence-electron chi connectivity index (χ1n) is 10.8. The van der Waals surface area contributed by atoms with Gasteiger partial charge in [0.2, 0.25) is 0 Å². The van der Waals surface area contributed by atoms with E-state index in [2.05, 4.69) is 99.6 Å². The van der Waals surface area contributed by atoms with E-state index in [1.165, 1.54) is 49.0 Å². The summed E-state index contributed by atoms with van der Waals surface area (Å²) < 4.78 is 0. The third kappa shape index (κ3) is 4.75. The van der Waals surface area contributed by atoms with E-state index in [-0.39, 0.29) is 0 Å². The largest absolute Gasteiger partial charge is 0.0622 e. The molecule has 0 heterocycles. The van der Waals surface area contributed by atoms with E-state index in [1.54, 1.807) is 0 Å². The van der Waals surface area contributed by atoms with E-state index in [0.29, 0.717) is 0 Å². The van der Waals surface area contributed by atoms with Crippen LogP contribution >= 0.6 is 0 Å². The van der Waals surface area contributed by atoms with E-state index in [4.69, 9.17) is 0 Å². The summed E-state index contributed by atoms with van der Waals surface area (Å²) >= 11 is 0. The van der Waals surface area contributed by atoms with Crippen LogP contribution in [0.3, 0.4) is 0 Å². The normalized spacial score (nSPS) is 10.4. The minimum atomic E-state index is 1.32. The maximum Gasteiger partial charge on any atom is -0.00241 e. The summed E-state index contributed by atoms with van der Waals surface area (Å²) in [7, 11) is 0. The Hall–Kier alpha value is -3.64. The molecule has 0 fully saturated rings. The summed E-state index contributed by atoms with van der Waals surface area (Å²) in [5, 5.41) is 8.23. The molecule has 31 heavy (non-hydrogen) atoms. The van der Waals surface area contributed by atoms with Gasteiger partial charge in [0.25, 0.3) is 0 Å². The molecule has 0 N–H and O–H groups in total. The van der Waals surface area contributed by atoms with Crippen molar-refractivity contribution >= 4 is 32.3 Å². The van der Waals surface area contributed by atoms with Crippen LogP contribution in [0.15, 0.2) is 115 Å². The lowest BCUT2D eigenvalue weighted by molar-refractivity contribution is 1.48. The van der Waals surface area contributed by atoms with Gasteiger partial charge in [-0.3, -0.25) is 0 Å². The van der Waals surface area contributed by atoms with Crippen molar-refractivity contribution in [2.24, 2.45) is 0 Å². The van der Waals surface area contributed by atoms with E-state index in [9.17, 15) is 0 Å². The fourth-order valence-electron chi connectivity index (χ4n) is 3.95. The molecular weight excluding hydrogens is 372 g/mol. The molecule has 0 radical (unpaired) electrons. The first-order valence-corrected chi connectivity index (χ1v) is 10.8.